The lowest BCUT2D eigenvalue weighted by Crippen LogP contribution is -1.94. The minimum absolute atomic E-state index is 0.953. The lowest BCUT2D eigenvalue weighted by molar-refractivity contribution is 1.32. The molecule has 0 aliphatic heterocycles. The third-order valence-electron chi connectivity index (χ3n) is 11.4. The number of hydrogen-bond acceptors (Lipinski definition) is 2. The molecule has 0 amide bonds. The van der Waals surface area contributed by atoms with Crippen molar-refractivity contribution in [2.24, 2.45) is 0 Å². The zero-order valence-electron chi connectivity index (χ0n) is 31.7. The maximum Gasteiger partial charge on any atom is 0.0794 e. The van der Waals surface area contributed by atoms with E-state index in [9.17, 15) is 0 Å². The van der Waals surface area contributed by atoms with Gasteiger partial charge >= 0.3 is 0 Å². The van der Waals surface area contributed by atoms with E-state index >= 15 is 0 Å². The quantitative estimate of drug-likeness (QED) is 0.159. The molecule has 0 saturated carbocycles. The molecule has 0 atom stereocenters. The van der Waals surface area contributed by atoms with Gasteiger partial charge in [0.25, 0.3) is 0 Å². The Bertz CT molecular complexity index is 3260. The van der Waals surface area contributed by atoms with Gasteiger partial charge in [-0.25, -0.2) is 9.97 Å². The van der Waals surface area contributed by atoms with Crippen LogP contribution >= 0.6 is 0 Å². The third-order valence-corrected chi connectivity index (χ3v) is 11.4. The van der Waals surface area contributed by atoms with Crippen LogP contribution in [-0.4, -0.2) is 9.97 Å². The first-order valence-corrected chi connectivity index (χ1v) is 19.8. The summed E-state index contributed by atoms with van der Waals surface area (Å²) in [6, 6.07) is 78.3. The van der Waals surface area contributed by atoms with E-state index < -0.39 is 0 Å². The van der Waals surface area contributed by atoms with E-state index in [0.717, 1.165) is 72.3 Å². The van der Waals surface area contributed by atoms with E-state index in [0.29, 0.717) is 0 Å². The van der Waals surface area contributed by atoms with Gasteiger partial charge in [0.1, 0.15) is 0 Å². The van der Waals surface area contributed by atoms with Crippen LogP contribution in [0.5, 0.6) is 0 Å². The number of fused-ring (bicyclic) bond motifs is 5. The molecule has 0 spiro atoms. The van der Waals surface area contributed by atoms with Gasteiger partial charge < -0.3 is 0 Å². The molecule has 0 radical (unpaired) electrons. The molecule has 2 aromatic heterocycles. The number of rotatable bonds is 6. The van der Waals surface area contributed by atoms with E-state index in [2.05, 4.69) is 206 Å². The Morgan fingerprint density at radius 3 is 1.33 bits per heavy atom. The van der Waals surface area contributed by atoms with Gasteiger partial charge in [0.2, 0.25) is 0 Å². The van der Waals surface area contributed by atoms with Crippen molar-refractivity contribution < 1.29 is 0 Å². The minimum atomic E-state index is 0.953. The van der Waals surface area contributed by atoms with Crippen LogP contribution in [0.2, 0.25) is 0 Å². The molecule has 0 unspecified atom stereocenters. The predicted molar refractivity (Wildman–Crippen MR) is 245 cm³/mol. The topological polar surface area (TPSA) is 25.8 Å². The van der Waals surface area contributed by atoms with Crippen molar-refractivity contribution in [3.05, 3.63) is 218 Å². The maximum atomic E-state index is 5.49. The SMILES string of the molecule is c1ccc(-c2cc(-c3ccc(-c4cc(-c5ccc6ccccc6c5)nc5c4cc(-c4ccc6ccccc6c4)c4ccccc45)cc3)cc(-c3ccccc3)n2)cc1. The summed E-state index contributed by atoms with van der Waals surface area (Å²) in [4.78, 5) is 10.6. The normalized spacial score (nSPS) is 11.4. The van der Waals surface area contributed by atoms with Crippen molar-refractivity contribution in [3.8, 4) is 67.2 Å². The summed E-state index contributed by atoms with van der Waals surface area (Å²) < 4.78 is 0. The summed E-state index contributed by atoms with van der Waals surface area (Å²) in [5.41, 5.74) is 14.1. The molecule has 270 valence electrons. The Labute approximate surface area is 337 Å². The second-order valence-electron chi connectivity index (χ2n) is 15.0. The summed E-state index contributed by atoms with van der Waals surface area (Å²) in [6.07, 6.45) is 0. The maximum absolute atomic E-state index is 5.49. The van der Waals surface area contributed by atoms with Gasteiger partial charge in [0.15, 0.2) is 0 Å². The fraction of sp³-hybridized carbons (Fsp3) is 0. The van der Waals surface area contributed by atoms with Crippen LogP contribution in [0.4, 0.5) is 0 Å². The Hall–Kier alpha value is -7.68. The summed E-state index contributed by atoms with van der Waals surface area (Å²) in [6.45, 7) is 0. The molecule has 2 heteroatoms. The number of nitrogens with zero attached hydrogens (tertiary/aromatic N) is 2. The highest BCUT2D eigenvalue weighted by atomic mass is 14.7. The third kappa shape index (κ3) is 6.09. The van der Waals surface area contributed by atoms with Gasteiger partial charge in [-0.05, 0) is 96.7 Å². The van der Waals surface area contributed by atoms with Crippen LogP contribution in [0.1, 0.15) is 0 Å². The standard InChI is InChI=1S/C56H36N2/c1-3-15-41(16-4-1)53-33-47(34-54(57-53)42-17-5-2-6-18-42)39-23-27-40(28-24-39)51-36-55(46-30-26-38-14-8-10-20-44(38)32-46)58-56-49-22-12-11-21-48(49)50(35-52(51)56)45-29-25-37-13-7-9-19-43(37)31-45/h1-36H. The molecule has 0 fully saturated rings. The second-order valence-corrected chi connectivity index (χ2v) is 15.0. The number of aromatic nitrogens is 2. The minimum Gasteiger partial charge on any atom is -0.248 e. The highest BCUT2D eigenvalue weighted by molar-refractivity contribution is 6.16. The van der Waals surface area contributed by atoms with Gasteiger partial charge in [-0.3, -0.25) is 0 Å². The molecule has 2 nitrogen and oxygen atoms in total. The van der Waals surface area contributed by atoms with Crippen LogP contribution in [0.3, 0.4) is 0 Å². The van der Waals surface area contributed by atoms with Crippen molar-refractivity contribution in [1.29, 1.82) is 0 Å². The fourth-order valence-corrected chi connectivity index (χ4v) is 8.44. The molecule has 0 aliphatic rings. The van der Waals surface area contributed by atoms with Crippen LogP contribution in [0.15, 0.2) is 218 Å². The molecule has 0 saturated heterocycles. The second kappa shape index (κ2) is 14.1. The average Bonchev–Trinajstić information content (AvgIpc) is 3.31. The van der Waals surface area contributed by atoms with Crippen LogP contribution in [0, 0.1) is 0 Å². The van der Waals surface area contributed by atoms with E-state index in [1.807, 2.05) is 12.1 Å². The largest absolute Gasteiger partial charge is 0.248 e. The first-order chi connectivity index (χ1) is 28.7. The summed E-state index contributed by atoms with van der Waals surface area (Å²) >= 11 is 0. The molecule has 0 bridgehead atoms. The Morgan fingerprint density at radius 1 is 0.224 bits per heavy atom. The molecular formula is C56H36N2. The van der Waals surface area contributed by atoms with Gasteiger partial charge in [-0.15, -0.1) is 0 Å². The van der Waals surface area contributed by atoms with Gasteiger partial charge in [0.05, 0.1) is 22.6 Å². The fourth-order valence-electron chi connectivity index (χ4n) is 8.44. The number of benzene rings is 9. The first-order valence-electron chi connectivity index (χ1n) is 19.8. The molecule has 9 aromatic carbocycles. The van der Waals surface area contributed by atoms with Crippen molar-refractivity contribution in [1.82, 2.24) is 9.97 Å². The van der Waals surface area contributed by atoms with Gasteiger partial charge in [-0.2, -0.15) is 0 Å². The molecule has 2 heterocycles. The van der Waals surface area contributed by atoms with Gasteiger partial charge in [-0.1, -0.05) is 182 Å². The van der Waals surface area contributed by atoms with Crippen LogP contribution in [0.25, 0.3) is 110 Å². The Morgan fingerprint density at radius 2 is 0.690 bits per heavy atom. The average molecular weight is 737 g/mol. The molecule has 58 heavy (non-hydrogen) atoms. The van der Waals surface area contributed by atoms with Crippen molar-refractivity contribution in [2.45, 2.75) is 0 Å². The van der Waals surface area contributed by atoms with Crippen molar-refractivity contribution in [2.75, 3.05) is 0 Å². The van der Waals surface area contributed by atoms with E-state index in [1.54, 1.807) is 0 Å². The van der Waals surface area contributed by atoms with E-state index in [1.165, 1.54) is 38.1 Å². The van der Waals surface area contributed by atoms with E-state index in [-0.39, 0.29) is 0 Å². The zero-order valence-corrected chi connectivity index (χ0v) is 31.7. The predicted octanol–water partition coefficient (Wildman–Crippen LogP) is 15.1. The smallest absolute Gasteiger partial charge is 0.0794 e. The van der Waals surface area contributed by atoms with Crippen molar-refractivity contribution in [3.63, 3.8) is 0 Å². The summed E-state index contributed by atoms with van der Waals surface area (Å²) in [5.74, 6) is 0. The lowest BCUT2D eigenvalue weighted by Gasteiger charge is -2.17. The number of hydrogen-bond donors (Lipinski definition) is 0. The molecule has 0 aliphatic carbocycles. The molecule has 11 aromatic rings. The molecule has 0 N–H and O–H groups in total. The van der Waals surface area contributed by atoms with E-state index in [4.69, 9.17) is 9.97 Å². The van der Waals surface area contributed by atoms with Gasteiger partial charge in [0, 0.05) is 27.5 Å². The monoisotopic (exact) mass is 736 g/mol. The Balaban J connectivity index is 1.12. The highest BCUT2D eigenvalue weighted by Gasteiger charge is 2.17. The molecule has 11 rings (SSSR count). The first kappa shape index (κ1) is 33.6. The lowest BCUT2D eigenvalue weighted by atomic mass is 9.90. The summed E-state index contributed by atoms with van der Waals surface area (Å²) in [5, 5.41) is 8.34. The van der Waals surface area contributed by atoms with Crippen LogP contribution < -0.4 is 0 Å². The van der Waals surface area contributed by atoms with Crippen LogP contribution in [-0.2, 0) is 0 Å². The molecular weight excluding hydrogens is 701 g/mol. The Kier molecular flexibility index (Phi) is 8.19. The highest BCUT2D eigenvalue weighted by Crippen LogP contribution is 2.42. The number of pyridine rings is 2. The van der Waals surface area contributed by atoms with Crippen molar-refractivity contribution >= 4 is 43.2 Å². The summed E-state index contributed by atoms with van der Waals surface area (Å²) in [7, 11) is 0. The zero-order chi connectivity index (χ0) is 38.4.